The van der Waals surface area contributed by atoms with Crippen LogP contribution in [-0.2, 0) is 6.54 Å². The first kappa shape index (κ1) is 13.2. The zero-order valence-corrected chi connectivity index (χ0v) is 12.6. The molecular weight excluding hydrogens is 312 g/mol. The number of nitrogens with zero attached hydrogens (tertiary/aromatic N) is 1. The molecule has 0 aliphatic heterocycles. The Morgan fingerprint density at radius 3 is 2.83 bits per heavy atom. The fourth-order valence-corrected chi connectivity index (χ4v) is 2.49. The lowest BCUT2D eigenvalue weighted by atomic mass is 10.1. The van der Waals surface area contributed by atoms with E-state index in [2.05, 4.69) is 26.2 Å². The molecule has 94 valence electrons. The first-order valence-corrected chi connectivity index (χ1v) is 7.19. The summed E-state index contributed by atoms with van der Waals surface area (Å²) in [6, 6.07) is 5.57. The Bertz CT molecular complexity index is 580. The first-order valence-electron chi connectivity index (χ1n) is 5.51. The van der Waals surface area contributed by atoms with E-state index >= 15 is 0 Å². The number of hydrogen-bond donors (Lipinski definition) is 1. The first-order chi connectivity index (χ1) is 8.56. The average Bonchev–Trinajstić information content (AvgIpc) is 2.75. The molecule has 0 aliphatic rings. The van der Waals surface area contributed by atoms with Crippen LogP contribution in [0.1, 0.15) is 26.6 Å². The van der Waals surface area contributed by atoms with Crippen molar-refractivity contribution in [2.24, 2.45) is 0 Å². The Morgan fingerprint density at radius 1 is 1.44 bits per heavy atom. The van der Waals surface area contributed by atoms with E-state index < -0.39 is 0 Å². The highest BCUT2D eigenvalue weighted by Gasteiger charge is 2.07. The van der Waals surface area contributed by atoms with Crippen molar-refractivity contribution in [3.8, 4) is 0 Å². The van der Waals surface area contributed by atoms with E-state index in [1.165, 1.54) is 0 Å². The minimum absolute atomic E-state index is 0.0821. The Morgan fingerprint density at radius 2 is 2.22 bits per heavy atom. The van der Waals surface area contributed by atoms with Crippen molar-refractivity contribution in [3.63, 3.8) is 0 Å². The van der Waals surface area contributed by atoms with E-state index in [1.807, 2.05) is 37.4 Å². The van der Waals surface area contributed by atoms with Gasteiger partial charge in [0.1, 0.15) is 0 Å². The maximum Gasteiger partial charge on any atom is 0.251 e. The van der Waals surface area contributed by atoms with Crippen molar-refractivity contribution in [3.05, 3.63) is 49.9 Å². The van der Waals surface area contributed by atoms with Crippen LogP contribution in [0.25, 0.3) is 0 Å². The van der Waals surface area contributed by atoms with E-state index in [-0.39, 0.29) is 5.91 Å². The predicted molar refractivity (Wildman–Crippen MR) is 76.9 cm³/mol. The molecule has 2 aromatic rings. The smallest absolute Gasteiger partial charge is 0.251 e. The number of carbonyl (C=O) groups excluding carboxylic acids is 1. The summed E-state index contributed by atoms with van der Waals surface area (Å²) in [6.45, 7) is 4.41. The quantitative estimate of drug-likeness (QED) is 0.939. The molecule has 1 amide bonds. The number of aryl methyl sites for hydroxylation is 2. The van der Waals surface area contributed by atoms with Gasteiger partial charge in [0.15, 0.2) is 0 Å². The zero-order valence-electron chi connectivity index (χ0n) is 10.2. The molecule has 0 unspecified atom stereocenters. The van der Waals surface area contributed by atoms with E-state index in [1.54, 1.807) is 11.3 Å². The normalized spacial score (nSPS) is 10.4. The zero-order chi connectivity index (χ0) is 13.1. The number of benzene rings is 1. The number of carbonyl (C=O) groups is 1. The molecule has 0 aliphatic carbocycles. The number of rotatable bonds is 3. The van der Waals surface area contributed by atoms with Gasteiger partial charge in [-0.2, -0.15) is 0 Å². The van der Waals surface area contributed by atoms with Gasteiger partial charge in [0.25, 0.3) is 5.91 Å². The molecule has 0 bridgehead atoms. The Balaban J connectivity index is 2.01. The van der Waals surface area contributed by atoms with Crippen molar-refractivity contribution >= 4 is 33.2 Å². The monoisotopic (exact) mass is 324 g/mol. The Hall–Kier alpha value is -1.20. The molecule has 0 spiro atoms. The lowest BCUT2D eigenvalue weighted by Crippen LogP contribution is -2.22. The Labute approximate surface area is 118 Å². The second-order valence-corrected chi connectivity index (χ2v) is 5.92. The van der Waals surface area contributed by atoms with Crippen LogP contribution >= 0.6 is 27.3 Å². The molecule has 1 aromatic heterocycles. The van der Waals surface area contributed by atoms with Gasteiger partial charge in [-0.3, -0.25) is 4.79 Å². The van der Waals surface area contributed by atoms with Gasteiger partial charge >= 0.3 is 0 Å². The van der Waals surface area contributed by atoms with Crippen molar-refractivity contribution in [1.29, 1.82) is 0 Å². The van der Waals surface area contributed by atoms with E-state index in [0.29, 0.717) is 12.1 Å². The second-order valence-electron chi connectivity index (χ2n) is 4.00. The van der Waals surface area contributed by atoms with Crippen molar-refractivity contribution in [2.75, 3.05) is 0 Å². The van der Waals surface area contributed by atoms with Crippen molar-refractivity contribution in [2.45, 2.75) is 20.4 Å². The standard InChI is InChI=1S/C13H13BrN2OS/c1-8-3-4-10(5-12(8)14)13(17)15-6-11-7-18-9(2)16-11/h3-5,7H,6H2,1-2H3,(H,15,17). The summed E-state index contributed by atoms with van der Waals surface area (Å²) >= 11 is 5.01. The highest BCUT2D eigenvalue weighted by Crippen LogP contribution is 2.17. The van der Waals surface area contributed by atoms with E-state index in [4.69, 9.17) is 0 Å². The highest BCUT2D eigenvalue weighted by atomic mass is 79.9. The van der Waals surface area contributed by atoms with Crippen molar-refractivity contribution < 1.29 is 4.79 Å². The largest absolute Gasteiger partial charge is 0.346 e. The summed E-state index contributed by atoms with van der Waals surface area (Å²) in [5.74, 6) is -0.0821. The summed E-state index contributed by atoms with van der Waals surface area (Å²) in [4.78, 5) is 16.2. The van der Waals surface area contributed by atoms with Gasteiger partial charge < -0.3 is 5.32 Å². The summed E-state index contributed by atoms with van der Waals surface area (Å²) in [5.41, 5.74) is 2.66. The molecule has 3 nitrogen and oxygen atoms in total. The van der Waals surface area contributed by atoms with Gasteiger partial charge in [-0.25, -0.2) is 4.98 Å². The molecule has 1 N–H and O–H groups in total. The van der Waals surface area contributed by atoms with Gasteiger partial charge in [0, 0.05) is 15.4 Å². The van der Waals surface area contributed by atoms with Gasteiger partial charge in [0.2, 0.25) is 0 Å². The summed E-state index contributed by atoms with van der Waals surface area (Å²) in [6.07, 6.45) is 0. The van der Waals surface area contributed by atoms with Gasteiger partial charge in [0.05, 0.1) is 17.2 Å². The molecule has 1 heterocycles. The third-order valence-corrected chi connectivity index (χ3v) is 4.21. The fraction of sp³-hybridized carbons (Fsp3) is 0.231. The minimum atomic E-state index is -0.0821. The summed E-state index contributed by atoms with van der Waals surface area (Å²) < 4.78 is 0.944. The van der Waals surface area contributed by atoms with Gasteiger partial charge in [-0.05, 0) is 31.5 Å². The fourth-order valence-electron chi connectivity index (χ4n) is 1.50. The Kier molecular flexibility index (Phi) is 4.14. The SMILES string of the molecule is Cc1nc(CNC(=O)c2ccc(C)c(Br)c2)cs1. The van der Waals surface area contributed by atoms with Gasteiger partial charge in [-0.1, -0.05) is 22.0 Å². The molecule has 0 saturated heterocycles. The molecule has 0 atom stereocenters. The predicted octanol–water partition coefficient (Wildman–Crippen LogP) is 3.45. The van der Waals surface area contributed by atoms with Crippen LogP contribution in [0.3, 0.4) is 0 Å². The molecule has 0 saturated carbocycles. The van der Waals surface area contributed by atoms with Crippen LogP contribution in [0.15, 0.2) is 28.1 Å². The number of aromatic nitrogens is 1. The molecule has 0 fully saturated rings. The highest BCUT2D eigenvalue weighted by molar-refractivity contribution is 9.10. The summed E-state index contributed by atoms with van der Waals surface area (Å²) in [5, 5.41) is 5.83. The molecule has 5 heteroatoms. The number of hydrogen-bond acceptors (Lipinski definition) is 3. The minimum Gasteiger partial charge on any atom is -0.346 e. The number of thiazole rings is 1. The number of amides is 1. The number of nitrogens with one attached hydrogen (secondary N) is 1. The maximum atomic E-state index is 11.9. The van der Waals surface area contributed by atoms with Crippen LogP contribution in [0.4, 0.5) is 0 Å². The van der Waals surface area contributed by atoms with E-state index in [0.717, 1.165) is 20.7 Å². The topological polar surface area (TPSA) is 42.0 Å². The van der Waals surface area contributed by atoms with Gasteiger partial charge in [-0.15, -0.1) is 11.3 Å². The van der Waals surface area contributed by atoms with Crippen LogP contribution in [-0.4, -0.2) is 10.9 Å². The third-order valence-electron chi connectivity index (χ3n) is 2.53. The molecule has 0 radical (unpaired) electrons. The molecule has 2 rings (SSSR count). The second kappa shape index (κ2) is 5.63. The summed E-state index contributed by atoms with van der Waals surface area (Å²) in [7, 11) is 0. The van der Waals surface area contributed by atoms with Crippen LogP contribution in [0.2, 0.25) is 0 Å². The lowest BCUT2D eigenvalue weighted by molar-refractivity contribution is 0.0950. The lowest BCUT2D eigenvalue weighted by Gasteiger charge is -2.05. The average molecular weight is 325 g/mol. The van der Waals surface area contributed by atoms with Crippen molar-refractivity contribution in [1.82, 2.24) is 10.3 Å². The van der Waals surface area contributed by atoms with Crippen LogP contribution in [0.5, 0.6) is 0 Å². The molecule has 1 aromatic carbocycles. The molecular formula is C13H13BrN2OS. The number of halogens is 1. The maximum absolute atomic E-state index is 11.9. The third kappa shape index (κ3) is 3.17. The van der Waals surface area contributed by atoms with Crippen LogP contribution in [0, 0.1) is 13.8 Å². The van der Waals surface area contributed by atoms with E-state index in [9.17, 15) is 4.79 Å². The van der Waals surface area contributed by atoms with Crippen LogP contribution < -0.4 is 5.32 Å². The molecule has 18 heavy (non-hydrogen) atoms.